The number of nitrogens with one attached hydrogen (secondary N) is 1. The standard InChI is InChI=1S/C19H24N2O4/c1-6-21(11-14-7-9-15(24-4)10-8-14)18(22)17-12(2)16(13(3)20-17)19(23)25-5/h7-10,20H,6,11H2,1-5H3. The molecule has 0 bridgehead atoms. The van der Waals surface area contributed by atoms with Gasteiger partial charge in [0.15, 0.2) is 0 Å². The molecule has 1 heterocycles. The summed E-state index contributed by atoms with van der Waals surface area (Å²) in [5.74, 6) is 0.189. The third kappa shape index (κ3) is 3.84. The molecule has 0 fully saturated rings. The van der Waals surface area contributed by atoms with Crippen LogP contribution in [0.15, 0.2) is 24.3 Å². The summed E-state index contributed by atoms with van der Waals surface area (Å²) in [5.41, 5.74) is 3.10. The van der Waals surface area contributed by atoms with Gasteiger partial charge in [-0.15, -0.1) is 0 Å². The number of amides is 1. The highest BCUT2D eigenvalue weighted by Crippen LogP contribution is 2.21. The van der Waals surface area contributed by atoms with Crippen LogP contribution < -0.4 is 4.74 Å². The zero-order valence-electron chi connectivity index (χ0n) is 15.3. The van der Waals surface area contributed by atoms with Crippen molar-refractivity contribution in [3.8, 4) is 5.75 Å². The van der Waals surface area contributed by atoms with E-state index in [-0.39, 0.29) is 5.91 Å². The summed E-state index contributed by atoms with van der Waals surface area (Å²) in [6, 6.07) is 7.60. The monoisotopic (exact) mass is 344 g/mol. The second-order valence-electron chi connectivity index (χ2n) is 5.78. The van der Waals surface area contributed by atoms with Crippen molar-refractivity contribution in [1.82, 2.24) is 9.88 Å². The number of esters is 1. The van der Waals surface area contributed by atoms with Gasteiger partial charge in [0.2, 0.25) is 0 Å². The Kier molecular flexibility index (Phi) is 5.85. The third-order valence-electron chi connectivity index (χ3n) is 4.24. The van der Waals surface area contributed by atoms with E-state index in [1.165, 1.54) is 7.11 Å². The second kappa shape index (κ2) is 7.88. The van der Waals surface area contributed by atoms with E-state index in [4.69, 9.17) is 9.47 Å². The lowest BCUT2D eigenvalue weighted by atomic mass is 10.1. The molecule has 2 rings (SSSR count). The normalized spacial score (nSPS) is 10.4. The van der Waals surface area contributed by atoms with E-state index in [1.54, 1.807) is 25.9 Å². The van der Waals surface area contributed by atoms with Crippen LogP contribution in [0.3, 0.4) is 0 Å². The molecule has 0 saturated heterocycles. The summed E-state index contributed by atoms with van der Waals surface area (Å²) in [5, 5.41) is 0. The van der Waals surface area contributed by atoms with Crippen molar-refractivity contribution in [3.05, 3.63) is 52.3 Å². The Morgan fingerprint density at radius 3 is 2.28 bits per heavy atom. The number of nitrogens with zero attached hydrogens (tertiary/aromatic N) is 1. The lowest BCUT2D eigenvalue weighted by Crippen LogP contribution is -2.31. The molecule has 1 N–H and O–H groups in total. The number of hydrogen-bond donors (Lipinski definition) is 1. The first-order chi connectivity index (χ1) is 11.9. The van der Waals surface area contributed by atoms with E-state index in [2.05, 4.69) is 4.98 Å². The first kappa shape index (κ1) is 18.6. The minimum absolute atomic E-state index is 0.144. The van der Waals surface area contributed by atoms with Crippen molar-refractivity contribution in [2.45, 2.75) is 27.3 Å². The molecule has 0 aliphatic rings. The van der Waals surface area contributed by atoms with Crippen molar-refractivity contribution in [2.24, 2.45) is 0 Å². The third-order valence-corrected chi connectivity index (χ3v) is 4.24. The number of carbonyl (C=O) groups is 2. The molecule has 0 saturated carbocycles. The molecule has 134 valence electrons. The number of ether oxygens (including phenoxy) is 2. The fraction of sp³-hybridized carbons (Fsp3) is 0.368. The number of rotatable bonds is 6. The summed E-state index contributed by atoms with van der Waals surface area (Å²) in [4.78, 5) is 29.6. The van der Waals surface area contributed by atoms with E-state index >= 15 is 0 Å². The second-order valence-corrected chi connectivity index (χ2v) is 5.78. The van der Waals surface area contributed by atoms with Gasteiger partial charge in [-0.2, -0.15) is 0 Å². The largest absolute Gasteiger partial charge is 0.497 e. The van der Waals surface area contributed by atoms with Gasteiger partial charge in [-0.25, -0.2) is 4.79 Å². The molecule has 6 nitrogen and oxygen atoms in total. The lowest BCUT2D eigenvalue weighted by molar-refractivity contribution is 0.0599. The molecule has 0 aliphatic carbocycles. The molecule has 1 aromatic carbocycles. The van der Waals surface area contributed by atoms with Gasteiger partial charge in [0.1, 0.15) is 11.4 Å². The Labute approximate surface area is 147 Å². The highest BCUT2D eigenvalue weighted by Gasteiger charge is 2.25. The van der Waals surface area contributed by atoms with Crippen LogP contribution in [-0.2, 0) is 11.3 Å². The van der Waals surface area contributed by atoms with Gasteiger partial charge < -0.3 is 19.4 Å². The molecule has 25 heavy (non-hydrogen) atoms. The Morgan fingerprint density at radius 1 is 1.12 bits per heavy atom. The molecule has 2 aromatic rings. The minimum atomic E-state index is -0.441. The average Bonchev–Trinajstić information content (AvgIpc) is 2.93. The molecule has 1 aromatic heterocycles. The van der Waals surface area contributed by atoms with E-state index in [0.717, 1.165) is 11.3 Å². The number of benzene rings is 1. The van der Waals surface area contributed by atoms with Gasteiger partial charge in [0, 0.05) is 18.8 Å². The van der Waals surface area contributed by atoms with Gasteiger partial charge in [0.25, 0.3) is 5.91 Å². The Bertz CT molecular complexity index is 762. The number of aryl methyl sites for hydroxylation is 1. The quantitative estimate of drug-likeness (QED) is 0.818. The van der Waals surface area contributed by atoms with E-state index in [0.29, 0.717) is 35.6 Å². The molecule has 0 spiro atoms. The van der Waals surface area contributed by atoms with E-state index in [9.17, 15) is 9.59 Å². The predicted molar refractivity (Wildman–Crippen MR) is 95.0 cm³/mol. The van der Waals surface area contributed by atoms with E-state index in [1.807, 2.05) is 31.2 Å². The Balaban J connectivity index is 2.26. The van der Waals surface area contributed by atoms with Gasteiger partial charge in [0.05, 0.1) is 19.8 Å². The van der Waals surface area contributed by atoms with Crippen molar-refractivity contribution in [2.75, 3.05) is 20.8 Å². The predicted octanol–water partition coefficient (Wildman–Crippen LogP) is 3.09. The van der Waals surface area contributed by atoms with E-state index < -0.39 is 5.97 Å². The maximum absolute atomic E-state index is 12.9. The van der Waals surface area contributed by atoms with Crippen LogP contribution in [0, 0.1) is 13.8 Å². The smallest absolute Gasteiger partial charge is 0.339 e. The summed E-state index contributed by atoms with van der Waals surface area (Å²) in [7, 11) is 2.95. The van der Waals surface area contributed by atoms with Crippen molar-refractivity contribution in [3.63, 3.8) is 0 Å². The van der Waals surface area contributed by atoms with Gasteiger partial charge in [-0.05, 0) is 44.0 Å². The number of methoxy groups -OCH3 is 2. The first-order valence-electron chi connectivity index (χ1n) is 8.12. The zero-order chi connectivity index (χ0) is 18.6. The Morgan fingerprint density at radius 2 is 1.76 bits per heavy atom. The van der Waals surface area contributed by atoms with Crippen molar-refractivity contribution < 1.29 is 19.1 Å². The number of carbonyl (C=O) groups excluding carboxylic acids is 2. The molecule has 0 atom stereocenters. The van der Waals surface area contributed by atoms with Gasteiger partial charge in [-0.3, -0.25) is 4.79 Å². The molecule has 0 radical (unpaired) electrons. The summed E-state index contributed by atoms with van der Waals surface area (Å²) >= 11 is 0. The van der Waals surface area contributed by atoms with Crippen molar-refractivity contribution in [1.29, 1.82) is 0 Å². The van der Waals surface area contributed by atoms with Crippen LogP contribution in [0.2, 0.25) is 0 Å². The number of hydrogen-bond acceptors (Lipinski definition) is 4. The number of H-pyrrole nitrogens is 1. The Hall–Kier alpha value is -2.76. The summed E-state index contributed by atoms with van der Waals surface area (Å²) in [6.07, 6.45) is 0. The first-order valence-corrected chi connectivity index (χ1v) is 8.12. The molecule has 1 amide bonds. The number of aromatic amines is 1. The number of aromatic nitrogens is 1. The molecular formula is C19H24N2O4. The van der Waals surface area contributed by atoms with Crippen LogP contribution in [0.25, 0.3) is 0 Å². The molecular weight excluding hydrogens is 320 g/mol. The minimum Gasteiger partial charge on any atom is -0.497 e. The SMILES string of the molecule is CCN(Cc1ccc(OC)cc1)C(=O)c1[nH]c(C)c(C(=O)OC)c1C. The highest BCUT2D eigenvalue weighted by molar-refractivity contribution is 6.00. The van der Waals surface area contributed by atoms with Crippen molar-refractivity contribution >= 4 is 11.9 Å². The van der Waals surface area contributed by atoms with Crippen LogP contribution in [0.4, 0.5) is 0 Å². The summed E-state index contributed by atoms with van der Waals surface area (Å²) < 4.78 is 9.95. The van der Waals surface area contributed by atoms with Crippen LogP contribution >= 0.6 is 0 Å². The zero-order valence-corrected chi connectivity index (χ0v) is 15.3. The fourth-order valence-electron chi connectivity index (χ4n) is 2.81. The van der Waals surface area contributed by atoms with Crippen LogP contribution in [0.1, 0.15) is 44.6 Å². The average molecular weight is 344 g/mol. The maximum atomic E-state index is 12.9. The molecule has 0 aliphatic heterocycles. The molecule has 6 heteroatoms. The van der Waals surface area contributed by atoms with Crippen LogP contribution in [0.5, 0.6) is 5.75 Å². The van der Waals surface area contributed by atoms with Crippen LogP contribution in [-0.4, -0.2) is 42.5 Å². The topological polar surface area (TPSA) is 71.6 Å². The van der Waals surface area contributed by atoms with Gasteiger partial charge >= 0.3 is 5.97 Å². The van der Waals surface area contributed by atoms with Gasteiger partial charge in [-0.1, -0.05) is 12.1 Å². The summed E-state index contributed by atoms with van der Waals surface area (Å²) in [6.45, 7) is 6.47. The maximum Gasteiger partial charge on any atom is 0.339 e. The molecule has 0 unspecified atom stereocenters. The fourth-order valence-corrected chi connectivity index (χ4v) is 2.81. The highest BCUT2D eigenvalue weighted by atomic mass is 16.5. The lowest BCUT2D eigenvalue weighted by Gasteiger charge is -2.21.